The average Bonchev–Trinajstić information content (AvgIpc) is 2.37. The average molecular weight is 127 g/mol. The lowest BCUT2D eigenvalue weighted by molar-refractivity contribution is -0.0477. The molecular weight excluding hydrogens is 120 g/mol. The molecular formula is C5H7N2O2. The number of amides is 2. The molecule has 1 aliphatic rings. The highest BCUT2D eigenvalue weighted by molar-refractivity contribution is 5.74. The van der Waals surface area contributed by atoms with Crippen molar-refractivity contribution in [2.75, 3.05) is 6.61 Å². The Labute approximate surface area is 53.0 Å². The van der Waals surface area contributed by atoms with E-state index in [-0.39, 0.29) is 6.03 Å². The van der Waals surface area contributed by atoms with Crippen LogP contribution >= 0.6 is 0 Å². The van der Waals surface area contributed by atoms with Crippen LogP contribution in [-0.4, -0.2) is 17.7 Å². The third-order valence-corrected chi connectivity index (χ3v) is 0.902. The molecule has 0 unspecified atom stereocenters. The monoisotopic (exact) mass is 127 g/mol. The maximum atomic E-state index is 10.6. The number of carbonyl (C=O) groups excluding carboxylic acids is 1. The topological polar surface area (TPSA) is 41.6 Å². The van der Waals surface area contributed by atoms with E-state index in [0.29, 0.717) is 6.61 Å². The molecule has 4 nitrogen and oxygen atoms in total. The van der Waals surface area contributed by atoms with Crippen LogP contribution in [0, 0.1) is 7.05 Å². The molecule has 1 radical (unpaired) electrons. The Balaban J connectivity index is 2.43. The number of rotatable bonds is 0. The minimum Gasteiger partial charge on any atom is -0.334 e. The summed E-state index contributed by atoms with van der Waals surface area (Å²) in [7, 11) is 3.18. The minimum atomic E-state index is -0.358. The fourth-order valence-electron chi connectivity index (χ4n) is 0.509. The molecule has 0 atom stereocenters. The smallest absolute Gasteiger partial charge is 0.334 e. The fraction of sp³-hybridized carbons (Fsp3) is 0.200. The Kier molecular flexibility index (Phi) is 1.69. The minimum absolute atomic E-state index is 0.358. The van der Waals surface area contributed by atoms with Gasteiger partial charge in [-0.1, -0.05) is 0 Å². The van der Waals surface area contributed by atoms with Gasteiger partial charge in [0.1, 0.15) is 0 Å². The maximum absolute atomic E-state index is 10.6. The van der Waals surface area contributed by atoms with Gasteiger partial charge in [-0.05, 0) is 6.08 Å². The van der Waals surface area contributed by atoms with E-state index in [1.165, 1.54) is 0 Å². The first-order chi connectivity index (χ1) is 4.34. The zero-order valence-electron chi connectivity index (χ0n) is 4.83. The Morgan fingerprint density at radius 2 is 2.67 bits per heavy atom. The van der Waals surface area contributed by atoms with Gasteiger partial charge in [0, 0.05) is 13.2 Å². The van der Waals surface area contributed by atoms with Gasteiger partial charge in [-0.2, -0.15) is 5.06 Å². The lowest BCUT2D eigenvalue weighted by Gasteiger charge is -2.09. The van der Waals surface area contributed by atoms with E-state index < -0.39 is 0 Å². The van der Waals surface area contributed by atoms with Gasteiger partial charge in [0.25, 0.3) is 0 Å². The molecule has 1 N–H and O–H groups in total. The fourth-order valence-corrected chi connectivity index (χ4v) is 0.509. The standard InChI is InChI=1S/C5H7N2O2/c1-6-5(8)7-3-2-4-9-7/h2-3H,1,4H2,(H,6,8). The lowest BCUT2D eigenvalue weighted by atomic mass is 10.7. The molecule has 4 heteroatoms. The predicted octanol–water partition coefficient (Wildman–Crippen LogP) is 0.248. The quantitative estimate of drug-likeness (QED) is 0.506. The summed E-state index contributed by atoms with van der Waals surface area (Å²) in [6.07, 6.45) is 3.27. The van der Waals surface area contributed by atoms with Gasteiger partial charge in [0.05, 0.1) is 6.61 Å². The molecule has 2 amide bonds. The van der Waals surface area contributed by atoms with Gasteiger partial charge < -0.3 is 5.32 Å². The first-order valence-electron chi connectivity index (χ1n) is 2.50. The van der Waals surface area contributed by atoms with E-state index in [4.69, 9.17) is 4.84 Å². The SMILES string of the molecule is [CH2]NC(=O)N1C=CCO1. The number of nitrogens with one attached hydrogen (secondary N) is 1. The molecule has 0 bridgehead atoms. The summed E-state index contributed by atoms with van der Waals surface area (Å²) in [6.45, 7) is 0.452. The van der Waals surface area contributed by atoms with Crippen molar-refractivity contribution in [2.24, 2.45) is 0 Å². The Hall–Kier alpha value is -1.03. The second kappa shape index (κ2) is 2.50. The van der Waals surface area contributed by atoms with Crippen molar-refractivity contribution in [1.82, 2.24) is 10.4 Å². The largest absolute Gasteiger partial charge is 0.345 e. The molecule has 1 aliphatic heterocycles. The summed E-state index contributed by atoms with van der Waals surface area (Å²) in [5.41, 5.74) is 0. The first kappa shape index (κ1) is 6.10. The van der Waals surface area contributed by atoms with Gasteiger partial charge in [0.2, 0.25) is 0 Å². The highest BCUT2D eigenvalue weighted by Gasteiger charge is 2.11. The van der Waals surface area contributed by atoms with Gasteiger partial charge in [-0.15, -0.1) is 0 Å². The molecule has 1 heterocycles. The Morgan fingerprint density at radius 1 is 1.89 bits per heavy atom. The summed E-state index contributed by atoms with van der Waals surface area (Å²) in [5.74, 6) is 0. The predicted molar refractivity (Wildman–Crippen MR) is 30.8 cm³/mol. The van der Waals surface area contributed by atoms with Crippen LogP contribution in [0.2, 0.25) is 0 Å². The molecule has 0 aliphatic carbocycles. The van der Waals surface area contributed by atoms with E-state index >= 15 is 0 Å². The van der Waals surface area contributed by atoms with Gasteiger partial charge in [-0.25, -0.2) is 4.79 Å². The Bertz CT molecular complexity index is 144. The first-order valence-corrected chi connectivity index (χ1v) is 2.50. The maximum Gasteiger partial charge on any atom is 0.345 e. The molecule has 0 saturated carbocycles. The second-order valence-electron chi connectivity index (χ2n) is 1.49. The van der Waals surface area contributed by atoms with E-state index in [0.717, 1.165) is 5.06 Å². The highest BCUT2D eigenvalue weighted by atomic mass is 16.7. The van der Waals surface area contributed by atoms with E-state index in [9.17, 15) is 4.79 Å². The van der Waals surface area contributed by atoms with E-state index in [1.54, 1.807) is 12.3 Å². The third-order valence-electron chi connectivity index (χ3n) is 0.902. The number of nitrogens with zero attached hydrogens (tertiary/aromatic N) is 1. The molecule has 0 spiro atoms. The molecule has 0 aromatic carbocycles. The van der Waals surface area contributed by atoms with Gasteiger partial charge in [-0.3, -0.25) is 4.84 Å². The summed E-state index contributed by atoms with van der Waals surface area (Å²) < 4.78 is 0. The summed E-state index contributed by atoms with van der Waals surface area (Å²) in [6, 6.07) is -0.358. The van der Waals surface area contributed by atoms with E-state index in [1.807, 2.05) is 0 Å². The lowest BCUT2D eigenvalue weighted by Crippen LogP contribution is -2.30. The number of carbonyl (C=O) groups is 1. The summed E-state index contributed by atoms with van der Waals surface area (Å²) >= 11 is 0. The number of hydrogen-bond acceptors (Lipinski definition) is 2. The molecule has 9 heavy (non-hydrogen) atoms. The summed E-state index contributed by atoms with van der Waals surface area (Å²) in [4.78, 5) is 15.4. The molecule has 0 aromatic heterocycles. The Morgan fingerprint density at radius 3 is 3.11 bits per heavy atom. The molecule has 1 rings (SSSR count). The van der Waals surface area contributed by atoms with Crippen molar-refractivity contribution in [3.8, 4) is 0 Å². The number of urea groups is 1. The zero-order valence-corrected chi connectivity index (χ0v) is 4.83. The molecule has 0 fully saturated rings. The van der Waals surface area contributed by atoms with Crippen LogP contribution in [0.4, 0.5) is 4.79 Å². The number of hydrogen-bond donors (Lipinski definition) is 1. The zero-order chi connectivity index (χ0) is 6.69. The molecule has 49 valence electrons. The molecule has 0 saturated heterocycles. The van der Waals surface area contributed by atoms with Crippen molar-refractivity contribution in [3.05, 3.63) is 19.3 Å². The van der Waals surface area contributed by atoms with Crippen LogP contribution in [0.5, 0.6) is 0 Å². The van der Waals surface area contributed by atoms with Crippen LogP contribution in [-0.2, 0) is 4.84 Å². The number of hydroxylamine groups is 2. The highest BCUT2D eigenvalue weighted by Crippen LogP contribution is 1.99. The summed E-state index contributed by atoms with van der Waals surface area (Å²) in [5, 5.41) is 3.26. The van der Waals surface area contributed by atoms with Crippen molar-refractivity contribution in [3.63, 3.8) is 0 Å². The van der Waals surface area contributed by atoms with Crippen LogP contribution in [0.3, 0.4) is 0 Å². The van der Waals surface area contributed by atoms with Crippen molar-refractivity contribution < 1.29 is 9.63 Å². The van der Waals surface area contributed by atoms with Crippen molar-refractivity contribution >= 4 is 6.03 Å². The van der Waals surface area contributed by atoms with Gasteiger partial charge >= 0.3 is 6.03 Å². The van der Waals surface area contributed by atoms with Crippen LogP contribution in [0.1, 0.15) is 0 Å². The normalized spacial score (nSPS) is 16.3. The van der Waals surface area contributed by atoms with Crippen LogP contribution in [0.25, 0.3) is 0 Å². The molecule has 0 aromatic rings. The van der Waals surface area contributed by atoms with E-state index in [2.05, 4.69) is 12.4 Å². The van der Waals surface area contributed by atoms with Crippen LogP contribution < -0.4 is 5.32 Å². The van der Waals surface area contributed by atoms with Crippen molar-refractivity contribution in [2.45, 2.75) is 0 Å². The van der Waals surface area contributed by atoms with Crippen LogP contribution in [0.15, 0.2) is 12.3 Å². The van der Waals surface area contributed by atoms with Gasteiger partial charge in [0.15, 0.2) is 0 Å². The third kappa shape index (κ3) is 1.20. The van der Waals surface area contributed by atoms with Crippen molar-refractivity contribution in [1.29, 1.82) is 0 Å². The second-order valence-corrected chi connectivity index (χ2v) is 1.49.